The number of anilines is 2. The lowest BCUT2D eigenvalue weighted by molar-refractivity contribution is -0.117. The van der Waals surface area contributed by atoms with Crippen molar-refractivity contribution in [3.63, 3.8) is 0 Å². The maximum atomic E-state index is 12.1. The molecule has 0 fully saturated rings. The molecule has 2 amide bonds. The van der Waals surface area contributed by atoms with E-state index in [1.165, 1.54) is 6.92 Å². The van der Waals surface area contributed by atoms with E-state index in [9.17, 15) is 9.59 Å². The summed E-state index contributed by atoms with van der Waals surface area (Å²) in [6.45, 7) is 1.38. The molecule has 134 valence electrons. The van der Waals surface area contributed by atoms with Crippen molar-refractivity contribution in [3.8, 4) is 0 Å². The molecule has 0 atom stereocenters. The standard InChI is InChI=1S/C17H15BrN4O2S2/c1-10(23)19-16(25)20-13-5-7-14(8-6-13)21-17(26)22-15(24)11-3-2-4-12(18)9-11/h2-9H,1H3,(H2,19,20,23,25)(H2,21,22,24,26). The van der Waals surface area contributed by atoms with Gasteiger partial charge in [0.25, 0.3) is 5.91 Å². The quantitative estimate of drug-likeness (QED) is 0.536. The lowest BCUT2D eigenvalue weighted by Gasteiger charge is -2.11. The minimum atomic E-state index is -0.303. The molecule has 0 spiro atoms. The van der Waals surface area contributed by atoms with E-state index in [1.54, 1.807) is 42.5 Å². The smallest absolute Gasteiger partial charge is 0.257 e. The highest BCUT2D eigenvalue weighted by Gasteiger charge is 2.08. The summed E-state index contributed by atoms with van der Waals surface area (Å²) >= 11 is 13.5. The molecule has 0 aromatic heterocycles. The van der Waals surface area contributed by atoms with Gasteiger partial charge in [-0.15, -0.1) is 0 Å². The highest BCUT2D eigenvalue weighted by molar-refractivity contribution is 9.10. The van der Waals surface area contributed by atoms with Crippen LogP contribution in [-0.2, 0) is 4.79 Å². The van der Waals surface area contributed by atoms with Crippen molar-refractivity contribution in [2.24, 2.45) is 0 Å². The number of carbonyl (C=O) groups excluding carboxylic acids is 2. The predicted molar refractivity (Wildman–Crippen MR) is 114 cm³/mol. The molecule has 2 aromatic carbocycles. The van der Waals surface area contributed by atoms with Crippen LogP contribution in [0.5, 0.6) is 0 Å². The zero-order valence-electron chi connectivity index (χ0n) is 13.6. The van der Waals surface area contributed by atoms with Gasteiger partial charge < -0.3 is 16.0 Å². The van der Waals surface area contributed by atoms with Crippen molar-refractivity contribution >= 4 is 73.8 Å². The minimum absolute atomic E-state index is 0.185. The Bertz CT molecular complexity index is 856. The molecule has 0 aliphatic heterocycles. The van der Waals surface area contributed by atoms with E-state index in [0.717, 1.165) is 4.47 Å². The van der Waals surface area contributed by atoms with Gasteiger partial charge in [0.2, 0.25) is 5.91 Å². The molecular weight excluding hydrogens is 436 g/mol. The lowest BCUT2D eigenvalue weighted by Crippen LogP contribution is -2.34. The highest BCUT2D eigenvalue weighted by atomic mass is 79.9. The van der Waals surface area contributed by atoms with E-state index < -0.39 is 0 Å². The molecule has 2 aromatic rings. The summed E-state index contributed by atoms with van der Waals surface area (Å²) < 4.78 is 0.810. The molecule has 6 nitrogen and oxygen atoms in total. The van der Waals surface area contributed by atoms with Gasteiger partial charge in [-0.3, -0.25) is 14.9 Å². The average Bonchev–Trinajstić information content (AvgIpc) is 2.55. The van der Waals surface area contributed by atoms with Crippen molar-refractivity contribution in [1.29, 1.82) is 0 Å². The Morgan fingerprint density at radius 3 is 1.92 bits per heavy atom. The maximum Gasteiger partial charge on any atom is 0.257 e. The van der Waals surface area contributed by atoms with Crippen LogP contribution in [0.25, 0.3) is 0 Å². The fourth-order valence-corrected chi connectivity index (χ4v) is 2.80. The molecular formula is C17H15BrN4O2S2. The van der Waals surface area contributed by atoms with Gasteiger partial charge in [-0.1, -0.05) is 22.0 Å². The Balaban J connectivity index is 1.90. The third-order valence-corrected chi connectivity index (χ3v) is 3.91. The number of benzene rings is 2. The molecule has 2 rings (SSSR count). The molecule has 0 radical (unpaired) electrons. The summed E-state index contributed by atoms with van der Waals surface area (Å²) in [5.74, 6) is -0.546. The van der Waals surface area contributed by atoms with Gasteiger partial charge >= 0.3 is 0 Å². The second-order valence-electron chi connectivity index (χ2n) is 5.13. The van der Waals surface area contributed by atoms with Gasteiger partial charge in [0, 0.05) is 28.3 Å². The van der Waals surface area contributed by atoms with Crippen LogP contribution in [0.15, 0.2) is 53.0 Å². The van der Waals surface area contributed by atoms with Gasteiger partial charge in [0.15, 0.2) is 10.2 Å². The molecule has 0 bridgehead atoms. The van der Waals surface area contributed by atoms with Crippen LogP contribution < -0.4 is 21.3 Å². The summed E-state index contributed by atoms with van der Waals surface area (Å²) in [6, 6.07) is 14.0. The van der Waals surface area contributed by atoms with Crippen molar-refractivity contribution in [2.45, 2.75) is 6.92 Å². The van der Waals surface area contributed by atoms with Crippen molar-refractivity contribution in [3.05, 3.63) is 58.6 Å². The number of amides is 2. The third kappa shape index (κ3) is 6.51. The van der Waals surface area contributed by atoms with Gasteiger partial charge in [-0.2, -0.15) is 0 Å². The number of thiocarbonyl (C=S) groups is 2. The molecule has 0 aliphatic carbocycles. The Hall–Kier alpha value is -2.36. The van der Waals surface area contributed by atoms with Crippen LogP contribution in [0, 0.1) is 0 Å². The topological polar surface area (TPSA) is 82.3 Å². The van der Waals surface area contributed by atoms with E-state index in [0.29, 0.717) is 16.9 Å². The molecule has 0 saturated carbocycles. The van der Waals surface area contributed by atoms with E-state index in [1.807, 2.05) is 6.07 Å². The number of hydrogen-bond donors (Lipinski definition) is 4. The van der Waals surface area contributed by atoms with Crippen LogP contribution in [0.2, 0.25) is 0 Å². The number of hydrogen-bond acceptors (Lipinski definition) is 4. The normalized spacial score (nSPS) is 9.77. The van der Waals surface area contributed by atoms with Gasteiger partial charge in [0.1, 0.15) is 0 Å². The minimum Gasteiger partial charge on any atom is -0.332 e. The monoisotopic (exact) mass is 450 g/mol. The molecule has 26 heavy (non-hydrogen) atoms. The SMILES string of the molecule is CC(=O)NC(=S)Nc1ccc(NC(=S)NC(=O)c2cccc(Br)c2)cc1. The Morgan fingerprint density at radius 1 is 0.885 bits per heavy atom. The van der Waals surface area contributed by atoms with E-state index >= 15 is 0 Å². The molecule has 0 saturated heterocycles. The van der Waals surface area contributed by atoms with Crippen LogP contribution in [0.4, 0.5) is 11.4 Å². The summed E-state index contributed by atoms with van der Waals surface area (Å²) in [7, 11) is 0. The number of halogens is 1. The zero-order valence-corrected chi connectivity index (χ0v) is 16.8. The molecule has 0 heterocycles. The average molecular weight is 451 g/mol. The largest absolute Gasteiger partial charge is 0.332 e. The van der Waals surface area contributed by atoms with E-state index in [4.69, 9.17) is 24.4 Å². The molecule has 0 unspecified atom stereocenters. The third-order valence-electron chi connectivity index (χ3n) is 3.00. The first-order chi connectivity index (χ1) is 12.3. The van der Waals surface area contributed by atoms with Crippen molar-refractivity contribution < 1.29 is 9.59 Å². The van der Waals surface area contributed by atoms with Crippen LogP contribution in [0.3, 0.4) is 0 Å². The first-order valence-corrected chi connectivity index (χ1v) is 9.01. The van der Waals surface area contributed by atoms with Gasteiger partial charge in [0.05, 0.1) is 0 Å². The number of rotatable bonds is 3. The number of nitrogens with one attached hydrogen (secondary N) is 4. The highest BCUT2D eigenvalue weighted by Crippen LogP contribution is 2.14. The van der Waals surface area contributed by atoms with Crippen LogP contribution in [0.1, 0.15) is 17.3 Å². The lowest BCUT2D eigenvalue weighted by atomic mass is 10.2. The van der Waals surface area contributed by atoms with Crippen molar-refractivity contribution in [2.75, 3.05) is 10.6 Å². The first-order valence-electron chi connectivity index (χ1n) is 7.40. The Kier molecular flexibility index (Phi) is 7.19. The Labute approximate surface area is 169 Å². The van der Waals surface area contributed by atoms with Crippen LogP contribution in [-0.4, -0.2) is 22.0 Å². The summed E-state index contributed by atoms with van der Waals surface area (Å²) in [5, 5.41) is 11.3. The fourth-order valence-electron chi connectivity index (χ4n) is 1.93. The summed E-state index contributed by atoms with van der Waals surface area (Å²) in [6.07, 6.45) is 0. The molecule has 4 N–H and O–H groups in total. The fraction of sp³-hybridized carbons (Fsp3) is 0.0588. The summed E-state index contributed by atoms with van der Waals surface area (Å²) in [4.78, 5) is 23.1. The molecule has 9 heteroatoms. The summed E-state index contributed by atoms with van der Waals surface area (Å²) in [5.41, 5.74) is 1.90. The molecule has 0 aliphatic rings. The maximum absolute atomic E-state index is 12.1. The van der Waals surface area contributed by atoms with Gasteiger partial charge in [-0.05, 0) is 66.9 Å². The Morgan fingerprint density at radius 2 is 1.42 bits per heavy atom. The predicted octanol–water partition coefficient (Wildman–Crippen LogP) is 3.41. The van der Waals surface area contributed by atoms with E-state index in [2.05, 4.69) is 37.2 Å². The first kappa shape index (κ1) is 20.0. The van der Waals surface area contributed by atoms with Crippen LogP contribution >= 0.6 is 40.4 Å². The number of carbonyl (C=O) groups is 2. The van der Waals surface area contributed by atoms with Gasteiger partial charge in [-0.25, -0.2) is 0 Å². The second-order valence-corrected chi connectivity index (χ2v) is 6.86. The second kappa shape index (κ2) is 9.37. The van der Waals surface area contributed by atoms with Crippen molar-refractivity contribution in [1.82, 2.24) is 10.6 Å². The zero-order chi connectivity index (χ0) is 19.1. The van der Waals surface area contributed by atoms with E-state index in [-0.39, 0.29) is 22.0 Å².